The van der Waals surface area contributed by atoms with Gasteiger partial charge in [0.15, 0.2) is 0 Å². The molecule has 3 rings (SSSR count). The normalized spacial score (nSPS) is 18.3. The molecule has 0 saturated carbocycles. The molecule has 0 unspecified atom stereocenters. The van der Waals surface area contributed by atoms with Crippen LogP contribution in [0.2, 0.25) is 0 Å². The molecule has 0 radical (unpaired) electrons. The molecule has 1 aliphatic rings. The van der Waals surface area contributed by atoms with Gasteiger partial charge in [-0.15, -0.1) is 11.8 Å². The number of thioether (sulfide) groups is 1. The molecule has 1 aromatic carbocycles. The van der Waals surface area contributed by atoms with E-state index in [1.165, 1.54) is 11.6 Å². The van der Waals surface area contributed by atoms with Gasteiger partial charge in [0.2, 0.25) is 5.91 Å². The van der Waals surface area contributed by atoms with E-state index < -0.39 is 17.3 Å². The van der Waals surface area contributed by atoms with Crippen molar-refractivity contribution in [2.24, 2.45) is 0 Å². The standard InChI is InChI=1S/C15H14F3N3OS/c1-9-12-13(15(16,17)18)23-8-11(22)19-14(12)21(20-9)7-10-5-3-2-4-6-10/h2-6,13H,7-8H2,1H3,(H,19,22)/t13-/m0/s1. The van der Waals surface area contributed by atoms with Crippen LogP contribution in [0.5, 0.6) is 0 Å². The van der Waals surface area contributed by atoms with E-state index in [-0.39, 0.29) is 22.8 Å². The summed E-state index contributed by atoms with van der Waals surface area (Å²) in [6, 6.07) is 9.26. The summed E-state index contributed by atoms with van der Waals surface area (Å²) in [6.45, 7) is 1.84. The van der Waals surface area contributed by atoms with Crippen molar-refractivity contribution < 1.29 is 18.0 Å². The molecule has 1 aromatic heterocycles. The second-order valence-electron chi connectivity index (χ2n) is 5.27. The minimum absolute atomic E-state index is 0.0456. The fourth-order valence-electron chi connectivity index (χ4n) is 2.58. The summed E-state index contributed by atoms with van der Waals surface area (Å²) >= 11 is 0.585. The summed E-state index contributed by atoms with van der Waals surface area (Å²) in [6.07, 6.45) is -4.43. The topological polar surface area (TPSA) is 46.9 Å². The first-order chi connectivity index (χ1) is 10.9. The third kappa shape index (κ3) is 3.21. The van der Waals surface area contributed by atoms with E-state index in [0.29, 0.717) is 18.3 Å². The molecule has 1 N–H and O–H groups in total. The van der Waals surface area contributed by atoms with Gasteiger partial charge in [0, 0.05) is 5.56 Å². The number of aryl methyl sites for hydroxylation is 1. The lowest BCUT2D eigenvalue weighted by molar-refractivity contribution is -0.129. The van der Waals surface area contributed by atoms with Crippen molar-refractivity contribution in [1.82, 2.24) is 9.78 Å². The maximum absolute atomic E-state index is 13.3. The predicted molar refractivity (Wildman–Crippen MR) is 82.4 cm³/mol. The molecule has 0 aliphatic carbocycles. The van der Waals surface area contributed by atoms with Gasteiger partial charge in [0.25, 0.3) is 0 Å². The molecule has 0 fully saturated rings. The first-order valence-electron chi connectivity index (χ1n) is 6.95. The van der Waals surface area contributed by atoms with Gasteiger partial charge in [-0.05, 0) is 12.5 Å². The number of amides is 1. The second-order valence-corrected chi connectivity index (χ2v) is 6.37. The van der Waals surface area contributed by atoms with Crippen LogP contribution < -0.4 is 5.32 Å². The average Bonchev–Trinajstić information content (AvgIpc) is 2.67. The van der Waals surface area contributed by atoms with E-state index in [1.807, 2.05) is 30.3 Å². The Morgan fingerprint density at radius 1 is 1.35 bits per heavy atom. The molecule has 8 heteroatoms. The number of benzene rings is 1. The summed E-state index contributed by atoms with van der Waals surface area (Å²) in [7, 11) is 0. The Balaban J connectivity index is 2.06. The van der Waals surface area contributed by atoms with Crippen LogP contribution in [0.15, 0.2) is 30.3 Å². The summed E-state index contributed by atoms with van der Waals surface area (Å²) in [5.41, 5.74) is 1.23. The zero-order valence-corrected chi connectivity index (χ0v) is 13.0. The lowest BCUT2D eigenvalue weighted by Crippen LogP contribution is -2.18. The average molecular weight is 341 g/mol. The van der Waals surface area contributed by atoms with Gasteiger partial charge in [-0.1, -0.05) is 30.3 Å². The van der Waals surface area contributed by atoms with Crippen molar-refractivity contribution in [2.45, 2.75) is 24.9 Å². The van der Waals surface area contributed by atoms with E-state index in [0.717, 1.165) is 5.56 Å². The number of nitrogens with zero attached hydrogens (tertiary/aromatic N) is 2. The Labute approximate surface area is 135 Å². The van der Waals surface area contributed by atoms with Crippen LogP contribution in [0.4, 0.5) is 19.0 Å². The molecule has 1 amide bonds. The van der Waals surface area contributed by atoms with Crippen LogP contribution in [0, 0.1) is 6.92 Å². The third-order valence-corrected chi connectivity index (χ3v) is 4.81. The number of carbonyl (C=O) groups is 1. The maximum Gasteiger partial charge on any atom is 0.404 e. The lowest BCUT2D eigenvalue weighted by atomic mass is 10.1. The largest absolute Gasteiger partial charge is 0.404 e. The first-order valence-corrected chi connectivity index (χ1v) is 8.00. The van der Waals surface area contributed by atoms with Gasteiger partial charge < -0.3 is 5.32 Å². The van der Waals surface area contributed by atoms with Crippen molar-refractivity contribution in [3.8, 4) is 0 Å². The van der Waals surface area contributed by atoms with Gasteiger partial charge in [0.1, 0.15) is 11.1 Å². The number of anilines is 1. The highest BCUT2D eigenvalue weighted by Gasteiger charge is 2.46. The Kier molecular flexibility index (Phi) is 4.09. The molecule has 0 spiro atoms. The van der Waals surface area contributed by atoms with Crippen LogP contribution in [0.25, 0.3) is 0 Å². The molecule has 122 valence electrons. The highest BCUT2D eigenvalue weighted by molar-refractivity contribution is 8.00. The monoisotopic (exact) mass is 341 g/mol. The quantitative estimate of drug-likeness (QED) is 0.909. The first kappa shape index (κ1) is 15.9. The maximum atomic E-state index is 13.3. The van der Waals surface area contributed by atoms with Gasteiger partial charge >= 0.3 is 6.18 Å². The van der Waals surface area contributed by atoms with Crippen LogP contribution in [-0.2, 0) is 11.3 Å². The molecule has 23 heavy (non-hydrogen) atoms. The number of alkyl halides is 3. The Hall–Kier alpha value is -1.96. The van der Waals surface area contributed by atoms with Gasteiger partial charge in [0.05, 0.1) is 18.0 Å². The number of carbonyl (C=O) groups excluding carboxylic acids is 1. The van der Waals surface area contributed by atoms with E-state index in [1.54, 1.807) is 0 Å². The number of fused-ring (bicyclic) bond motifs is 1. The number of halogens is 3. The number of aromatic nitrogens is 2. The SMILES string of the molecule is Cc1nn(Cc2ccccc2)c2c1[C@@H](C(F)(F)F)SCC(=O)N2. The molecule has 4 nitrogen and oxygen atoms in total. The van der Waals surface area contributed by atoms with Crippen LogP contribution in [-0.4, -0.2) is 27.6 Å². The van der Waals surface area contributed by atoms with Crippen molar-refractivity contribution in [3.63, 3.8) is 0 Å². The van der Waals surface area contributed by atoms with E-state index in [2.05, 4.69) is 10.4 Å². The Morgan fingerprint density at radius 2 is 2.04 bits per heavy atom. The Bertz CT molecular complexity index is 728. The van der Waals surface area contributed by atoms with E-state index >= 15 is 0 Å². The summed E-state index contributed by atoms with van der Waals surface area (Å²) in [4.78, 5) is 11.8. The van der Waals surface area contributed by atoms with E-state index in [4.69, 9.17) is 0 Å². The van der Waals surface area contributed by atoms with Crippen molar-refractivity contribution >= 4 is 23.5 Å². The fourth-order valence-corrected chi connectivity index (χ4v) is 3.61. The third-order valence-electron chi connectivity index (χ3n) is 3.55. The van der Waals surface area contributed by atoms with Crippen LogP contribution >= 0.6 is 11.8 Å². The zero-order valence-electron chi connectivity index (χ0n) is 12.2. The number of nitrogens with one attached hydrogen (secondary N) is 1. The smallest absolute Gasteiger partial charge is 0.310 e. The summed E-state index contributed by atoms with van der Waals surface area (Å²) in [5, 5.41) is 5.04. The van der Waals surface area contributed by atoms with Gasteiger partial charge in [-0.25, -0.2) is 4.68 Å². The minimum Gasteiger partial charge on any atom is -0.310 e. The predicted octanol–water partition coefficient (Wildman–Crippen LogP) is 3.53. The molecule has 1 atom stereocenters. The van der Waals surface area contributed by atoms with Gasteiger partial charge in [-0.2, -0.15) is 18.3 Å². The summed E-state index contributed by atoms with van der Waals surface area (Å²) in [5.74, 6) is -0.537. The van der Waals surface area contributed by atoms with Gasteiger partial charge in [-0.3, -0.25) is 4.79 Å². The highest BCUT2D eigenvalue weighted by atomic mass is 32.2. The van der Waals surface area contributed by atoms with Crippen molar-refractivity contribution in [2.75, 3.05) is 11.1 Å². The highest BCUT2D eigenvalue weighted by Crippen LogP contribution is 2.48. The van der Waals surface area contributed by atoms with Crippen molar-refractivity contribution in [1.29, 1.82) is 0 Å². The molecule has 1 aliphatic heterocycles. The van der Waals surface area contributed by atoms with E-state index in [9.17, 15) is 18.0 Å². The zero-order chi connectivity index (χ0) is 16.6. The lowest BCUT2D eigenvalue weighted by Gasteiger charge is -2.18. The molecular formula is C15H14F3N3OS. The summed E-state index contributed by atoms with van der Waals surface area (Å²) < 4.78 is 41.5. The number of hydrogen-bond donors (Lipinski definition) is 1. The Morgan fingerprint density at radius 3 is 2.70 bits per heavy atom. The van der Waals surface area contributed by atoms with Crippen LogP contribution in [0.3, 0.4) is 0 Å². The molecule has 0 saturated heterocycles. The molecular weight excluding hydrogens is 327 g/mol. The molecule has 2 heterocycles. The molecule has 0 bridgehead atoms. The van der Waals surface area contributed by atoms with Crippen molar-refractivity contribution in [3.05, 3.63) is 47.2 Å². The second kappa shape index (κ2) is 5.92. The number of rotatable bonds is 2. The fraction of sp³-hybridized carbons (Fsp3) is 0.333. The molecule has 2 aromatic rings. The minimum atomic E-state index is -4.43. The number of hydrogen-bond acceptors (Lipinski definition) is 3. The van der Waals surface area contributed by atoms with Crippen LogP contribution in [0.1, 0.15) is 22.1 Å².